The molecule has 1 aromatic rings. The van der Waals surface area contributed by atoms with Crippen molar-refractivity contribution in [3.05, 3.63) is 33.8 Å². The number of nitrogens with zero attached hydrogens (tertiary/aromatic N) is 1. The van der Waals surface area contributed by atoms with Gasteiger partial charge in [0.25, 0.3) is 0 Å². The van der Waals surface area contributed by atoms with Crippen LogP contribution in [0.3, 0.4) is 0 Å². The Balaban J connectivity index is 3.10. The first-order valence-corrected chi connectivity index (χ1v) is 5.14. The number of hydrogen-bond acceptors (Lipinski definition) is 2. The van der Waals surface area contributed by atoms with Gasteiger partial charge in [-0.05, 0) is 25.7 Å². The highest BCUT2D eigenvalue weighted by molar-refractivity contribution is 6.42. The molecule has 4 heteroatoms. The van der Waals surface area contributed by atoms with E-state index in [0.29, 0.717) is 16.6 Å². The molecule has 0 bridgehead atoms. The van der Waals surface area contributed by atoms with E-state index in [1.54, 1.807) is 6.07 Å². The molecular weight excluding hydrogens is 219 g/mol. The van der Waals surface area contributed by atoms with Gasteiger partial charge in [0.15, 0.2) is 0 Å². The second-order valence-electron chi connectivity index (χ2n) is 3.36. The van der Waals surface area contributed by atoms with Crippen LogP contribution in [0.2, 0.25) is 10.0 Å². The maximum Gasteiger partial charge on any atom is 0.0640 e. The van der Waals surface area contributed by atoms with Gasteiger partial charge < -0.3 is 10.6 Å². The first kappa shape index (κ1) is 11.8. The molecule has 2 N–H and O–H groups in total. The Morgan fingerprint density at radius 2 is 2.00 bits per heavy atom. The van der Waals surface area contributed by atoms with E-state index in [9.17, 15) is 0 Å². The van der Waals surface area contributed by atoms with E-state index in [1.807, 2.05) is 31.1 Å². The molecule has 0 radical (unpaired) electrons. The summed E-state index contributed by atoms with van der Waals surface area (Å²) in [4.78, 5) is 2.03. The third-order valence-corrected chi connectivity index (χ3v) is 3.02. The monoisotopic (exact) mass is 232 g/mol. The Morgan fingerprint density at radius 3 is 2.50 bits per heavy atom. The van der Waals surface area contributed by atoms with Crippen molar-refractivity contribution in [2.24, 2.45) is 5.73 Å². The number of rotatable bonds is 3. The molecule has 0 aliphatic rings. The zero-order valence-corrected chi connectivity index (χ0v) is 9.81. The average molecular weight is 233 g/mol. The maximum absolute atomic E-state index is 6.10. The van der Waals surface area contributed by atoms with Crippen LogP contribution in [-0.2, 0) is 0 Å². The minimum Gasteiger partial charge on any atom is -0.329 e. The SMILES string of the molecule is CN(C)[C@@H](CN)c1cccc(Cl)c1Cl. The van der Waals surface area contributed by atoms with Gasteiger partial charge in [0, 0.05) is 12.6 Å². The van der Waals surface area contributed by atoms with Crippen molar-refractivity contribution in [2.45, 2.75) is 6.04 Å². The molecule has 0 fully saturated rings. The number of hydrogen-bond donors (Lipinski definition) is 1. The number of benzene rings is 1. The van der Waals surface area contributed by atoms with E-state index in [2.05, 4.69) is 0 Å². The van der Waals surface area contributed by atoms with Crippen LogP contribution in [0.4, 0.5) is 0 Å². The molecule has 1 rings (SSSR count). The molecule has 14 heavy (non-hydrogen) atoms. The van der Waals surface area contributed by atoms with Gasteiger partial charge in [0.05, 0.1) is 10.0 Å². The fourth-order valence-corrected chi connectivity index (χ4v) is 1.83. The number of nitrogens with two attached hydrogens (primary N) is 1. The van der Waals surface area contributed by atoms with Crippen molar-refractivity contribution >= 4 is 23.2 Å². The lowest BCUT2D eigenvalue weighted by Gasteiger charge is -2.24. The topological polar surface area (TPSA) is 29.3 Å². The lowest BCUT2D eigenvalue weighted by molar-refractivity contribution is 0.306. The molecular formula is C10H14Cl2N2. The van der Waals surface area contributed by atoms with E-state index in [4.69, 9.17) is 28.9 Å². The van der Waals surface area contributed by atoms with Crippen LogP contribution in [0.1, 0.15) is 11.6 Å². The summed E-state index contributed by atoms with van der Waals surface area (Å²) in [6.07, 6.45) is 0. The largest absolute Gasteiger partial charge is 0.329 e. The van der Waals surface area contributed by atoms with E-state index in [0.717, 1.165) is 5.56 Å². The normalized spacial score (nSPS) is 13.3. The van der Waals surface area contributed by atoms with Gasteiger partial charge in [0.1, 0.15) is 0 Å². The van der Waals surface area contributed by atoms with Crippen molar-refractivity contribution in [3.8, 4) is 0 Å². The van der Waals surface area contributed by atoms with Crippen LogP contribution in [0.25, 0.3) is 0 Å². The molecule has 0 aliphatic carbocycles. The van der Waals surface area contributed by atoms with Gasteiger partial charge in [-0.1, -0.05) is 35.3 Å². The van der Waals surface area contributed by atoms with Crippen LogP contribution in [0.5, 0.6) is 0 Å². The summed E-state index contributed by atoms with van der Waals surface area (Å²) >= 11 is 12.0. The molecule has 78 valence electrons. The smallest absolute Gasteiger partial charge is 0.0640 e. The zero-order chi connectivity index (χ0) is 10.7. The van der Waals surface area contributed by atoms with E-state index < -0.39 is 0 Å². The van der Waals surface area contributed by atoms with Crippen molar-refractivity contribution in [1.82, 2.24) is 4.90 Å². The average Bonchev–Trinajstić information content (AvgIpc) is 2.13. The highest BCUT2D eigenvalue weighted by Gasteiger charge is 2.16. The highest BCUT2D eigenvalue weighted by Crippen LogP contribution is 2.31. The first-order chi connectivity index (χ1) is 6.57. The second-order valence-corrected chi connectivity index (χ2v) is 4.14. The van der Waals surface area contributed by atoms with Crippen LogP contribution in [-0.4, -0.2) is 25.5 Å². The number of likely N-dealkylation sites (N-methyl/N-ethyl adjacent to an activating group) is 1. The molecule has 0 saturated heterocycles. The Labute approximate surface area is 94.6 Å². The van der Waals surface area contributed by atoms with Crippen molar-refractivity contribution in [2.75, 3.05) is 20.6 Å². The fourth-order valence-electron chi connectivity index (χ4n) is 1.39. The van der Waals surface area contributed by atoms with Gasteiger partial charge >= 0.3 is 0 Å². The van der Waals surface area contributed by atoms with Crippen LogP contribution >= 0.6 is 23.2 Å². The van der Waals surface area contributed by atoms with E-state index >= 15 is 0 Å². The highest BCUT2D eigenvalue weighted by atomic mass is 35.5. The van der Waals surface area contributed by atoms with Crippen molar-refractivity contribution < 1.29 is 0 Å². The third kappa shape index (κ3) is 2.39. The molecule has 0 saturated carbocycles. The maximum atomic E-state index is 6.10. The Morgan fingerprint density at radius 1 is 1.36 bits per heavy atom. The molecule has 1 aromatic carbocycles. The van der Waals surface area contributed by atoms with Crippen LogP contribution < -0.4 is 5.73 Å². The molecule has 0 aliphatic heterocycles. The molecule has 0 spiro atoms. The quantitative estimate of drug-likeness (QED) is 0.869. The predicted octanol–water partition coefficient (Wildman–Crippen LogP) is 2.55. The van der Waals surface area contributed by atoms with E-state index in [1.165, 1.54) is 0 Å². The zero-order valence-electron chi connectivity index (χ0n) is 8.30. The summed E-state index contributed by atoms with van der Waals surface area (Å²) < 4.78 is 0. The Bertz CT molecular complexity index is 313. The lowest BCUT2D eigenvalue weighted by Crippen LogP contribution is -2.27. The van der Waals surface area contributed by atoms with Gasteiger partial charge in [-0.2, -0.15) is 0 Å². The van der Waals surface area contributed by atoms with Crippen molar-refractivity contribution in [1.29, 1.82) is 0 Å². The fraction of sp³-hybridized carbons (Fsp3) is 0.400. The summed E-state index contributed by atoms with van der Waals surface area (Å²) in [6.45, 7) is 0.521. The molecule has 0 unspecified atom stereocenters. The van der Waals surface area contributed by atoms with Crippen molar-refractivity contribution in [3.63, 3.8) is 0 Å². The first-order valence-electron chi connectivity index (χ1n) is 4.38. The summed E-state index contributed by atoms with van der Waals surface area (Å²) in [7, 11) is 3.93. The van der Waals surface area contributed by atoms with Gasteiger partial charge in [-0.15, -0.1) is 0 Å². The van der Waals surface area contributed by atoms with Gasteiger partial charge in [-0.25, -0.2) is 0 Å². The minimum absolute atomic E-state index is 0.112. The minimum atomic E-state index is 0.112. The van der Waals surface area contributed by atoms with Crippen LogP contribution in [0, 0.1) is 0 Å². The summed E-state index contributed by atoms with van der Waals surface area (Å²) in [5.74, 6) is 0. The molecule has 1 atom stereocenters. The Kier molecular flexibility index (Phi) is 4.20. The summed E-state index contributed by atoms with van der Waals surface area (Å²) in [5, 5.41) is 1.17. The van der Waals surface area contributed by atoms with Crippen LogP contribution in [0.15, 0.2) is 18.2 Å². The predicted molar refractivity (Wildman–Crippen MR) is 61.9 cm³/mol. The molecule has 0 heterocycles. The van der Waals surface area contributed by atoms with Gasteiger partial charge in [-0.3, -0.25) is 0 Å². The second kappa shape index (κ2) is 4.99. The number of halogens is 2. The third-order valence-electron chi connectivity index (χ3n) is 2.19. The Hall–Kier alpha value is -0.280. The van der Waals surface area contributed by atoms with Gasteiger partial charge in [0.2, 0.25) is 0 Å². The lowest BCUT2D eigenvalue weighted by atomic mass is 10.1. The molecule has 0 amide bonds. The molecule has 0 aromatic heterocycles. The molecule has 2 nitrogen and oxygen atoms in total. The van der Waals surface area contributed by atoms with E-state index in [-0.39, 0.29) is 6.04 Å². The summed E-state index contributed by atoms with van der Waals surface area (Å²) in [6, 6.07) is 5.72. The standard InChI is InChI=1S/C10H14Cl2N2/c1-14(2)9(6-13)7-4-3-5-8(11)10(7)12/h3-5,9H,6,13H2,1-2H3/t9-/m0/s1. The summed E-state index contributed by atoms with van der Waals surface area (Å²) in [5.41, 5.74) is 6.66.